The van der Waals surface area contributed by atoms with Gasteiger partial charge >= 0.3 is 0 Å². The zero-order valence-corrected chi connectivity index (χ0v) is 13.9. The monoisotopic (exact) mass is 336 g/mol. The number of carbonyl (C=O) groups excluding carboxylic acids is 1. The number of pyridine rings is 1. The Bertz CT molecular complexity index is 632. The van der Waals surface area contributed by atoms with Crippen molar-refractivity contribution in [1.82, 2.24) is 9.88 Å². The second-order valence-electron chi connectivity index (χ2n) is 4.98. The van der Waals surface area contributed by atoms with Crippen LogP contribution in [0.2, 0.25) is 10.0 Å². The van der Waals surface area contributed by atoms with E-state index in [4.69, 9.17) is 23.2 Å². The number of halogens is 2. The average molecular weight is 337 g/mol. The molecule has 1 aromatic heterocycles. The molecule has 0 atom stereocenters. The molecule has 0 bridgehead atoms. The molecule has 0 aliphatic rings. The summed E-state index contributed by atoms with van der Waals surface area (Å²) >= 11 is 12.1. The molecule has 2 aromatic rings. The highest BCUT2D eigenvalue weighted by molar-refractivity contribution is 6.35. The lowest BCUT2D eigenvalue weighted by Crippen LogP contribution is -2.32. The molecule has 0 aliphatic carbocycles. The van der Waals surface area contributed by atoms with E-state index in [0.29, 0.717) is 36.0 Å². The molecule has 0 aliphatic heterocycles. The number of aromatic nitrogens is 1. The summed E-state index contributed by atoms with van der Waals surface area (Å²) in [6.45, 7) is 2.98. The molecule has 0 saturated carbocycles. The van der Waals surface area contributed by atoms with Crippen molar-refractivity contribution in [1.29, 1.82) is 0 Å². The number of rotatable bonds is 6. The van der Waals surface area contributed by atoms with Crippen molar-refractivity contribution in [2.45, 2.75) is 26.3 Å². The largest absolute Gasteiger partial charge is 0.336 e. The van der Waals surface area contributed by atoms with Gasteiger partial charge in [-0.15, -0.1) is 0 Å². The van der Waals surface area contributed by atoms with Gasteiger partial charge in [0, 0.05) is 29.2 Å². The first-order valence-corrected chi connectivity index (χ1v) is 7.97. The Morgan fingerprint density at radius 3 is 2.68 bits per heavy atom. The number of carbonyl (C=O) groups is 1. The summed E-state index contributed by atoms with van der Waals surface area (Å²) in [5.41, 5.74) is 1.87. The zero-order chi connectivity index (χ0) is 15.9. The summed E-state index contributed by atoms with van der Waals surface area (Å²) in [5, 5.41) is 1.25. The Morgan fingerprint density at radius 2 is 2.05 bits per heavy atom. The molecular formula is C17H18Cl2N2O. The second kappa shape index (κ2) is 8.16. The predicted octanol–water partition coefficient (Wildman–Crippen LogP) is 4.37. The van der Waals surface area contributed by atoms with E-state index in [1.54, 1.807) is 12.3 Å². The summed E-state index contributed by atoms with van der Waals surface area (Å²) in [6.07, 6.45) is 2.90. The lowest BCUT2D eigenvalue weighted by atomic mass is 10.1. The fourth-order valence-corrected chi connectivity index (χ4v) is 2.69. The first-order valence-electron chi connectivity index (χ1n) is 7.21. The van der Waals surface area contributed by atoms with Gasteiger partial charge in [-0.25, -0.2) is 0 Å². The van der Waals surface area contributed by atoms with Crippen molar-refractivity contribution in [2.24, 2.45) is 0 Å². The van der Waals surface area contributed by atoms with Crippen LogP contribution in [0, 0.1) is 0 Å². The second-order valence-corrected chi connectivity index (χ2v) is 5.82. The van der Waals surface area contributed by atoms with E-state index >= 15 is 0 Å². The van der Waals surface area contributed by atoms with Crippen molar-refractivity contribution < 1.29 is 4.79 Å². The lowest BCUT2D eigenvalue weighted by molar-refractivity contribution is -0.131. The highest BCUT2D eigenvalue weighted by Crippen LogP contribution is 2.21. The van der Waals surface area contributed by atoms with Crippen LogP contribution in [0.4, 0.5) is 0 Å². The molecule has 0 unspecified atom stereocenters. The Hall–Kier alpha value is -1.58. The van der Waals surface area contributed by atoms with Gasteiger partial charge in [0.15, 0.2) is 0 Å². The Kier molecular flexibility index (Phi) is 6.22. The molecule has 1 heterocycles. The maximum Gasteiger partial charge on any atom is 0.222 e. The SMILES string of the molecule is CCC(=O)N(CCc1ccc(Cl)cc1Cl)Cc1ccccn1. The van der Waals surface area contributed by atoms with E-state index < -0.39 is 0 Å². The number of hydrogen-bond donors (Lipinski definition) is 0. The molecule has 0 N–H and O–H groups in total. The third-order valence-electron chi connectivity index (χ3n) is 3.40. The Balaban J connectivity index is 2.05. The van der Waals surface area contributed by atoms with Gasteiger partial charge < -0.3 is 4.90 Å². The van der Waals surface area contributed by atoms with Gasteiger partial charge in [0.25, 0.3) is 0 Å². The van der Waals surface area contributed by atoms with E-state index in [9.17, 15) is 4.79 Å². The molecule has 116 valence electrons. The van der Waals surface area contributed by atoms with Crippen LogP contribution in [-0.4, -0.2) is 22.3 Å². The maximum atomic E-state index is 12.1. The van der Waals surface area contributed by atoms with Crippen molar-refractivity contribution in [2.75, 3.05) is 6.54 Å². The van der Waals surface area contributed by atoms with Crippen LogP contribution in [-0.2, 0) is 17.8 Å². The van der Waals surface area contributed by atoms with Crippen LogP contribution in [0.1, 0.15) is 24.6 Å². The first-order chi connectivity index (χ1) is 10.6. The van der Waals surface area contributed by atoms with Gasteiger partial charge in [0.05, 0.1) is 12.2 Å². The molecule has 0 fully saturated rings. The minimum atomic E-state index is 0.107. The summed E-state index contributed by atoms with van der Waals surface area (Å²) in [7, 11) is 0. The third-order valence-corrected chi connectivity index (χ3v) is 3.99. The topological polar surface area (TPSA) is 33.2 Å². The normalized spacial score (nSPS) is 10.5. The minimum absolute atomic E-state index is 0.107. The highest BCUT2D eigenvalue weighted by Gasteiger charge is 2.13. The van der Waals surface area contributed by atoms with Crippen LogP contribution in [0.15, 0.2) is 42.6 Å². The molecule has 5 heteroatoms. The summed E-state index contributed by atoms with van der Waals surface area (Å²) in [5.74, 6) is 0.107. The van der Waals surface area contributed by atoms with Gasteiger partial charge in [0.2, 0.25) is 5.91 Å². The van der Waals surface area contributed by atoms with Gasteiger partial charge in [-0.3, -0.25) is 9.78 Å². The van der Waals surface area contributed by atoms with Gasteiger partial charge in [-0.05, 0) is 36.2 Å². The fourth-order valence-electron chi connectivity index (χ4n) is 2.18. The van der Waals surface area contributed by atoms with Crippen LogP contribution >= 0.6 is 23.2 Å². The van der Waals surface area contributed by atoms with Gasteiger partial charge in [-0.2, -0.15) is 0 Å². The molecule has 3 nitrogen and oxygen atoms in total. The van der Waals surface area contributed by atoms with Crippen LogP contribution < -0.4 is 0 Å². The molecule has 1 aromatic carbocycles. The maximum absolute atomic E-state index is 12.1. The number of amides is 1. The van der Waals surface area contributed by atoms with Gasteiger partial charge in [-0.1, -0.05) is 42.3 Å². The quantitative estimate of drug-likeness (QED) is 0.784. The smallest absolute Gasteiger partial charge is 0.222 e. The molecule has 0 saturated heterocycles. The number of hydrogen-bond acceptors (Lipinski definition) is 2. The molecule has 0 spiro atoms. The van der Waals surface area contributed by atoms with E-state index in [1.165, 1.54) is 0 Å². The highest BCUT2D eigenvalue weighted by atomic mass is 35.5. The van der Waals surface area contributed by atoms with E-state index in [2.05, 4.69) is 4.98 Å². The van der Waals surface area contributed by atoms with Gasteiger partial charge in [0.1, 0.15) is 0 Å². The molecular weight excluding hydrogens is 319 g/mol. The summed E-state index contributed by atoms with van der Waals surface area (Å²) in [6, 6.07) is 11.2. The van der Waals surface area contributed by atoms with Crippen molar-refractivity contribution in [3.05, 3.63) is 63.9 Å². The third kappa shape index (κ3) is 4.72. The summed E-state index contributed by atoms with van der Waals surface area (Å²) in [4.78, 5) is 18.2. The lowest BCUT2D eigenvalue weighted by Gasteiger charge is -2.22. The standard InChI is InChI=1S/C17H18Cl2N2O/c1-2-17(22)21(12-15-5-3-4-9-20-15)10-8-13-6-7-14(18)11-16(13)19/h3-7,9,11H,2,8,10,12H2,1H3. The van der Waals surface area contributed by atoms with E-state index in [1.807, 2.05) is 42.2 Å². The first kappa shape index (κ1) is 16.8. The molecule has 1 amide bonds. The summed E-state index contributed by atoms with van der Waals surface area (Å²) < 4.78 is 0. The number of benzene rings is 1. The zero-order valence-electron chi connectivity index (χ0n) is 12.4. The van der Waals surface area contributed by atoms with Crippen LogP contribution in [0.3, 0.4) is 0 Å². The predicted molar refractivity (Wildman–Crippen MR) is 90.1 cm³/mol. The fraction of sp³-hybridized carbons (Fsp3) is 0.294. The van der Waals surface area contributed by atoms with Crippen LogP contribution in [0.5, 0.6) is 0 Å². The van der Waals surface area contributed by atoms with Crippen molar-refractivity contribution in [3.8, 4) is 0 Å². The average Bonchev–Trinajstić information content (AvgIpc) is 2.53. The molecule has 0 radical (unpaired) electrons. The number of nitrogens with zero attached hydrogens (tertiary/aromatic N) is 2. The minimum Gasteiger partial charge on any atom is -0.336 e. The Morgan fingerprint density at radius 1 is 1.23 bits per heavy atom. The Labute approximate surface area is 140 Å². The van der Waals surface area contributed by atoms with E-state index in [-0.39, 0.29) is 5.91 Å². The van der Waals surface area contributed by atoms with Crippen molar-refractivity contribution >= 4 is 29.1 Å². The van der Waals surface area contributed by atoms with Crippen LogP contribution in [0.25, 0.3) is 0 Å². The molecule has 22 heavy (non-hydrogen) atoms. The van der Waals surface area contributed by atoms with Crippen molar-refractivity contribution in [3.63, 3.8) is 0 Å². The molecule has 2 rings (SSSR count). The van der Waals surface area contributed by atoms with E-state index in [0.717, 1.165) is 11.3 Å².